The third-order valence-corrected chi connectivity index (χ3v) is 15.0. The van der Waals surface area contributed by atoms with Crippen LogP contribution in [0.1, 0.15) is 0 Å². The van der Waals surface area contributed by atoms with E-state index in [1.165, 1.54) is 75.0 Å². The molecule has 0 aliphatic carbocycles. The monoisotopic (exact) mass is 884 g/mol. The van der Waals surface area contributed by atoms with Crippen LogP contribution in [0, 0.1) is 0 Å². The fourth-order valence-corrected chi connectivity index (χ4v) is 12.0. The number of nitrogens with zero attached hydrogens (tertiary/aromatic N) is 2. The van der Waals surface area contributed by atoms with Crippen LogP contribution in [-0.4, -0.2) is 4.57 Å². The van der Waals surface area contributed by atoms with Crippen molar-refractivity contribution in [3.05, 3.63) is 243 Å². The summed E-state index contributed by atoms with van der Waals surface area (Å²) in [6, 6.07) is 88.3. The van der Waals surface area contributed by atoms with Crippen molar-refractivity contribution in [2.75, 3.05) is 4.90 Å². The molecule has 4 heteroatoms. The molecule has 0 bridgehead atoms. The molecule has 68 heavy (non-hydrogen) atoms. The summed E-state index contributed by atoms with van der Waals surface area (Å²) in [5.74, 6) is 0. The molecule has 318 valence electrons. The zero-order valence-corrected chi connectivity index (χ0v) is 37.6. The number of hydrogen-bond acceptors (Lipinski definition) is 3. The van der Waals surface area contributed by atoms with Gasteiger partial charge in [0.15, 0.2) is 0 Å². The molecule has 0 radical (unpaired) electrons. The van der Waals surface area contributed by atoms with Crippen molar-refractivity contribution in [3.63, 3.8) is 0 Å². The Labute approximate surface area is 396 Å². The first kappa shape index (κ1) is 38.6. The van der Waals surface area contributed by atoms with Crippen LogP contribution in [0.5, 0.6) is 0 Å². The first-order valence-corrected chi connectivity index (χ1v) is 24.0. The van der Waals surface area contributed by atoms with Crippen molar-refractivity contribution in [1.29, 1.82) is 0 Å². The Hall–Kier alpha value is -8.70. The molecular weight excluding hydrogens is 845 g/mol. The fraction of sp³-hybridized carbons (Fsp3) is 0. The van der Waals surface area contributed by atoms with Crippen molar-refractivity contribution in [3.8, 4) is 39.1 Å². The number of anilines is 3. The molecule has 0 unspecified atom stereocenters. The van der Waals surface area contributed by atoms with E-state index in [2.05, 4.69) is 246 Å². The summed E-state index contributed by atoms with van der Waals surface area (Å²) in [6.45, 7) is 0. The van der Waals surface area contributed by atoms with Crippen LogP contribution in [0.4, 0.5) is 17.1 Å². The van der Waals surface area contributed by atoms with E-state index in [9.17, 15) is 0 Å². The molecule has 3 nitrogen and oxygen atoms in total. The Kier molecular flexibility index (Phi) is 8.76. The van der Waals surface area contributed by atoms with Crippen molar-refractivity contribution < 1.29 is 4.42 Å². The predicted molar refractivity (Wildman–Crippen MR) is 289 cm³/mol. The average molecular weight is 885 g/mol. The standard InChI is InChI=1S/C64H40N2OS/c1-2-16-43-39-44(32-31-41(43)15-1)42-33-35-46(36-34-42)65(57-27-10-5-21-51(57)52-24-14-29-60-62(52)53-22-6-11-28-59(53)67-60)58-38-37-48(64-63(58)54-23-7-12-30-61(54)68-64)45-17-13-18-47(40-45)66-55-25-8-3-19-49(55)50-20-4-9-26-56(50)66/h1-40H. The van der Waals surface area contributed by atoms with Gasteiger partial charge in [-0.3, -0.25) is 0 Å². The fourth-order valence-electron chi connectivity index (χ4n) is 10.7. The first-order chi connectivity index (χ1) is 33.7. The highest BCUT2D eigenvalue weighted by Crippen LogP contribution is 2.51. The normalized spacial score (nSPS) is 11.8. The van der Waals surface area contributed by atoms with E-state index < -0.39 is 0 Å². The molecule has 0 spiro atoms. The summed E-state index contributed by atoms with van der Waals surface area (Å²) in [5, 5.41) is 9.68. The Bertz CT molecular complexity index is 4230. The lowest BCUT2D eigenvalue weighted by Gasteiger charge is -2.29. The molecule has 3 aromatic heterocycles. The zero-order valence-electron chi connectivity index (χ0n) is 36.8. The molecule has 0 aliphatic rings. The summed E-state index contributed by atoms with van der Waals surface area (Å²) in [7, 11) is 0. The lowest BCUT2D eigenvalue weighted by Crippen LogP contribution is -2.12. The minimum absolute atomic E-state index is 0.878. The van der Waals surface area contributed by atoms with Gasteiger partial charge in [0.25, 0.3) is 0 Å². The van der Waals surface area contributed by atoms with Gasteiger partial charge < -0.3 is 13.9 Å². The molecule has 0 aliphatic heterocycles. The summed E-state index contributed by atoms with van der Waals surface area (Å²) in [6.07, 6.45) is 0. The van der Waals surface area contributed by atoms with E-state index in [0.717, 1.165) is 55.8 Å². The number of hydrogen-bond donors (Lipinski definition) is 0. The van der Waals surface area contributed by atoms with Gasteiger partial charge in [-0.2, -0.15) is 0 Å². The third kappa shape index (κ3) is 6.05. The first-order valence-electron chi connectivity index (χ1n) is 23.2. The number of thiophene rings is 1. The quantitative estimate of drug-likeness (QED) is 0.159. The maximum absolute atomic E-state index is 6.48. The summed E-state index contributed by atoms with van der Waals surface area (Å²) in [5.41, 5.74) is 15.6. The molecule has 0 fully saturated rings. The van der Waals surface area contributed by atoms with Gasteiger partial charge in [-0.15, -0.1) is 11.3 Å². The van der Waals surface area contributed by atoms with Crippen LogP contribution in [0.3, 0.4) is 0 Å². The number of benzene rings is 11. The van der Waals surface area contributed by atoms with Crippen LogP contribution in [-0.2, 0) is 0 Å². The van der Waals surface area contributed by atoms with Crippen LogP contribution in [0.2, 0.25) is 0 Å². The second-order valence-electron chi connectivity index (χ2n) is 17.6. The van der Waals surface area contributed by atoms with Crippen LogP contribution < -0.4 is 4.90 Å². The molecule has 14 rings (SSSR count). The Morgan fingerprint density at radius 3 is 1.85 bits per heavy atom. The molecule has 0 atom stereocenters. The number of aromatic nitrogens is 1. The highest BCUT2D eigenvalue weighted by Gasteiger charge is 2.25. The molecule has 0 saturated heterocycles. The second kappa shape index (κ2) is 15.5. The summed E-state index contributed by atoms with van der Waals surface area (Å²) in [4.78, 5) is 2.49. The van der Waals surface area contributed by atoms with Gasteiger partial charge in [0.2, 0.25) is 0 Å². The second-order valence-corrected chi connectivity index (χ2v) is 18.6. The number of fused-ring (bicyclic) bond motifs is 10. The molecule has 0 amide bonds. The smallest absolute Gasteiger partial charge is 0.136 e. The maximum atomic E-state index is 6.48. The van der Waals surface area contributed by atoms with Gasteiger partial charge in [0, 0.05) is 58.7 Å². The van der Waals surface area contributed by atoms with E-state index in [1.807, 2.05) is 17.4 Å². The minimum atomic E-state index is 0.878. The van der Waals surface area contributed by atoms with Crippen LogP contribution in [0.15, 0.2) is 247 Å². The zero-order chi connectivity index (χ0) is 44.7. The van der Waals surface area contributed by atoms with Gasteiger partial charge in [0.05, 0.1) is 22.4 Å². The number of rotatable bonds is 7. The van der Waals surface area contributed by atoms with Crippen molar-refractivity contribution in [2.45, 2.75) is 0 Å². The number of para-hydroxylation sites is 4. The Morgan fingerprint density at radius 2 is 1.01 bits per heavy atom. The van der Waals surface area contributed by atoms with E-state index >= 15 is 0 Å². The molecule has 3 heterocycles. The summed E-state index contributed by atoms with van der Waals surface area (Å²) >= 11 is 1.87. The van der Waals surface area contributed by atoms with Crippen LogP contribution >= 0.6 is 11.3 Å². The van der Waals surface area contributed by atoms with Gasteiger partial charge in [-0.05, 0) is 111 Å². The molecule has 0 saturated carbocycles. The van der Waals surface area contributed by atoms with E-state index in [1.54, 1.807) is 0 Å². The van der Waals surface area contributed by atoms with E-state index in [0.29, 0.717) is 0 Å². The van der Waals surface area contributed by atoms with Gasteiger partial charge in [-0.1, -0.05) is 170 Å². The lowest BCUT2D eigenvalue weighted by atomic mass is 9.95. The molecule has 0 N–H and O–H groups in total. The molecular formula is C64H40N2OS. The van der Waals surface area contributed by atoms with E-state index in [-0.39, 0.29) is 0 Å². The van der Waals surface area contributed by atoms with Gasteiger partial charge in [0.1, 0.15) is 11.2 Å². The largest absolute Gasteiger partial charge is 0.456 e. The highest BCUT2D eigenvalue weighted by molar-refractivity contribution is 7.26. The third-order valence-electron chi connectivity index (χ3n) is 13.8. The van der Waals surface area contributed by atoms with Gasteiger partial charge >= 0.3 is 0 Å². The van der Waals surface area contributed by atoms with E-state index in [4.69, 9.17) is 4.42 Å². The van der Waals surface area contributed by atoms with Crippen LogP contribution in [0.25, 0.3) is 114 Å². The predicted octanol–water partition coefficient (Wildman–Crippen LogP) is 18.7. The average Bonchev–Trinajstić information content (AvgIpc) is 4.09. The topological polar surface area (TPSA) is 21.3 Å². The molecule has 11 aromatic carbocycles. The van der Waals surface area contributed by atoms with Gasteiger partial charge in [-0.25, -0.2) is 0 Å². The SMILES string of the molecule is c1cc(-c2ccc(N(c3ccc(-c4ccc5ccccc5c4)cc3)c3ccccc3-c3cccc4oc5ccccc5c34)c3c2sc2ccccc23)cc(-n2c3ccccc3c3ccccc32)c1. The minimum Gasteiger partial charge on any atom is -0.456 e. The number of furan rings is 1. The highest BCUT2D eigenvalue weighted by atomic mass is 32.1. The maximum Gasteiger partial charge on any atom is 0.136 e. The Morgan fingerprint density at radius 1 is 0.368 bits per heavy atom. The van der Waals surface area contributed by atoms with Crippen molar-refractivity contribution >= 4 is 103 Å². The van der Waals surface area contributed by atoms with Crippen molar-refractivity contribution in [1.82, 2.24) is 4.57 Å². The molecule has 14 aromatic rings. The lowest BCUT2D eigenvalue weighted by molar-refractivity contribution is 0.669. The Balaban J connectivity index is 0.999. The van der Waals surface area contributed by atoms with Crippen molar-refractivity contribution in [2.24, 2.45) is 0 Å². The summed E-state index contributed by atoms with van der Waals surface area (Å²) < 4.78 is 11.4.